The summed E-state index contributed by atoms with van der Waals surface area (Å²) in [7, 11) is 1.80. The lowest BCUT2D eigenvalue weighted by molar-refractivity contribution is -0.161. The van der Waals surface area contributed by atoms with Crippen molar-refractivity contribution >= 4 is 29.5 Å². The van der Waals surface area contributed by atoms with Crippen molar-refractivity contribution in [3.05, 3.63) is 126 Å². The Kier molecular flexibility index (Phi) is 7.13. The molecule has 208 valence electrons. The van der Waals surface area contributed by atoms with E-state index in [2.05, 4.69) is 10.3 Å². The maximum absolute atomic E-state index is 14.7. The highest BCUT2D eigenvalue weighted by Crippen LogP contribution is 2.53. The number of aromatic nitrogens is 2. The number of nitrogens with zero attached hydrogens (tertiary/aromatic N) is 3. The Morgan fingerprint density at radius 3 is 2.10 bits per heavy atom. The van der Waals surface area contributed by atoms with Gasteiger partial charge in [-0.3, -0.25) is 14.4 Å². The fraction of sp³-hybridized carbons (Fsp3) is 0.250. The second-order valence-electron chi connectivity index (χ2n) is 10.4. The molecule has 0 aliphatic carbocycles. The van der Waals surface area contributed by atoms with Gasteiger partial charge in [0.05, 0.1) is 11.3 Å². The fourth-order valence-corrected chi connectivity index (χ4v) is 7.58. The van der Waals surface area contributed by atoms with Crippen LogP contribution in [0.15, 0.2) is 103 Å². The lowest BCUT2D eigenvalue weighted by atomic mass is 9.80. The largest absolute Gasteiger partial charge is 0.452 e. The summed E-state index contributed by atoms with van der Waals surface area (Å²) in [6.45, 7) is 1.45. The van der Waals surface area contributed by atoms with Crippen LogP contribution < -0.4 is 5.32 Å². The number of aryl methyl sites for hydroxylation is 1. The van der Waals surface area contributed by atoms with Gasteiger partial charge in [-0.1, -0.05) is 91.0 Å². The molecule has 2 amide bonds. The van der Waals surface area contributed by atoms with Crippen LogP contribution in [0.2, 0.25) is 0 Å². The van der Waals surface area contributed by atoms with Crippen molar-refractivity contribution in [3.63, 3.8) is 0 Å². The maximum Gasteiger partial charge on any atom is 0.325 e. The van der Waals surface area contributed by atoms with Gasteiger partial charge >= 0.3 is 5.97 Å². The van der Waals surface area contributed by atoms with E-state index in [-0.39, 0.29) is 29.7 Å². The van der Waals surface area contributed by atoms with Crippen molar-refractivity contribution in [1.29, 1.82) is 0 Å². The van der Waals surface area contributed by atoms with Gasteiger partial charge < -0.3 is 19.5 Å². The van der Waals surface area contributed by atoms with Crippen molar-refractivity contribution in [2.24, 2.45) is 7.05 Å². The molecule has 2 aliphatic heterocycles. The van der Waals surface area contributed by atoms with Crippen molar-refractivity contribution in [3.8, 4) is 0 Å². The lowest BCUT2D eigenvalue weighted by Crippen LogP contribution is -2.72. The third kappa shape index (κ3) is 4.70. The standard InChI is InChI=1S/C32H30N4O4S/c1-21(37)34-30-32(29-33-18-19-35(29)2,20-36-27(38)25(28(36)41-30)22-12-6-3-7-13-22)31(39)40-26(23-14-8-4-9-15-23)24-16-10-5-11-17-24/h3-19,25-26,28,30H,20H2,1-2H3,(H,34,37)/t25?,28-,30?,32?/m1/s1. The van der Waals surface area contributed by atoms with E-state index in [4.69, 9.17) is 4.74 Å². The van der Waals surface area contributed by atoms with E-state index in [9.17, 15) is 14.4 Å². The number of rotatable bonds is 7. The Morgan fingerprint density at radius 1 is 0.976 bits per heavy atom. The first kappa shape index (κ1) is 26.8. The maximum atomic E-state index is 14.7. The number of β-lactam (4-membered cyclic amide) rings is 1. The van der Waals surface area contributed by atoms with Crippen LogP contribution in [0, 0.1) is 0 Å². The van der Waals surface area contributed by atoms with E-state index in [1.54, 1.807) is 28.9 Å². The lowest BCUT2D eigenvalue weighted by Gasteiger charge is -2.56. The molecule has 9 heteroatoms. The number of amides is 2. The SMILES string of the molecule is CC(=O)NC1S[C@@H]2C(c3ccccc3)C(=O)N2CC1(C(=O)OC(c1ccccc1)c1ccccc1)c1nccn1C. The van der Waals surface area contributed by atoms with Crippen LogP contribution in [-0.2, 0) is 31.6 Å². The molecule has 3 unspecified atom stereocenters. The second kappa shape index (κ2) is 10.9. The third-order valence-electron chi connectivity index (χ3n) is 7.79. The van der Waals surface area contributed by atoms with Gasteiger partial charge in [0.25, 0.3) is 0 Å². The zero-order chi connectivity index (χ0) is 28.6. The number of hydrogen-bond donors (Lipinski definition) is 1. The molecule has 2 fully saturated rings. The minimum Gasteiger partial charge on any atom is -0.452 e. The van der Waals surface area contributed by atoms with Crippen molar-refractivity contribution in [2.45, 2.75) is 35.1 Å². The molecule has 1 aromatic heterocycles. The number of carbonyl (C=O) groups excluding carboxylic acids is 3. The van der Waals surface area contributed by atoms with Gasteiger partial charge in [-0.15, -0.1) is 11.8 Å². The van der Waals surface area contributed by atoms with Gasteiger partial charge in [-0.2, -0.15) is 0 Å². The third-order valence-corrected chi connectivity index (χ3v) is 9.39. The summed E-state index contributed by atoms with van der Waals surface area (Å²) >= 11 is 1.40. The van der Waals surface area contributed by atoms with E-state index in [1.807, 2.05) is 91.0 Å². The van der Waals surface area contributed by atoms with E-state index in [1.165, 1.54) is 18.7 Å². The molecule has 1 N–H and O–H groups in total. The van der Waals surface area contributed by atoms with Gasteiger partial charge in [0.1, 0.15) is 11.2 Å². The smallest absolute Gasteiger partial charge is 0.325 e. The van der Waals surface area contributed by atoms with E-state index in [0.29, 0.717) is 5.82 Å². The normalized spacial score (nSPS) is 23.4. The summed E-state index contributed by atoms with van der Waals surface area (Å²) < 4.78 is 8.18. The van der Waals surface area contributed by atoms with Crippen molar-refractivity contribution in [1.82, 2.24) is 19.8 Å². The average molecular weight is 567 g/mol. The van der Waals surface area contributed by atoms with Gasteiger partial charge in [0, 0.05) is 32.9 Å². The Morgan fingerprint density at radius 2 is 1.56 bits per heavy atom. The summed E-state index contributed by atoms with van der Waals surface area (Å²) in [5, 5.41) is 2.04. The van der Waals surface area contributed by atoms with Crippen LogP contribution in [0.5, 0.6) is 0 Å². The van der Waals surface area contributed by atoms with Gasteiger partial charge in [-0.25, -0.2) is 4.98 Å². The number of hydrogen-bond acceptors (Lipinski definition) is 6. The van der Waals surface area contributed by atoms with Crippen LogP contribution in [0.4, 0.5) is 0 Å². The molecule has 0 saturated carbocycles. The minimum absolute atomic E-state index is 0.0256. The molecule has 41 heavy (non-hydrogen) atoms. The Balaban J connectivity index is 1.43. The highest BCUT2D eigenvalue weighted by atomic mass is 32.2. The molecule has 3 aromatic carbocycles. The zero-order valence-corrected chi connectivity index (χ0v) is 23.5. The number of carbonyl (C=O) groups is 3. The summed E-state index contributed by atoms with van der Waals surface area (Å²) in [5.41, 5.74) is 1.06. The number of fused-ring (bicyclic) bond motifs is 1. The first-order valence-electron chi connectivity index (χ1n) is 13.5. The predicted molar refractivity (Wildman–Crippen MR) is 156 cm³/mol. The molecule has 8 nitrogen and oxygen atoms in total. The predicted octanol–water partition coefficient (Wildman–Crippen LogP) is 4.15. The summed E-state index contributed by atoms with van der Waals surface area (Å²) in [4.78, 5) is 47.2. The fourth-order valence-electron chi connectivity index (χ4n) is 5.80. The molecule has 2 saturated heterocycles. The zero-order valence-electron chi connectivity index (χ0n) is 22.7. The highest BCUT2D eigenvalue weighted by Gasteiger charge is 2.64. The Labute approximate surface area is 242 Å². The minimum atomic E-state index is -1.47. The molecular weight excluding hydrogens is 536 g/mol. The first-order chi connectivity index (χ1) is 19.9. The van der Waals surface area contributed by atoms with Crippen LogP contribution in [0.3, 0.4) is 0 Å². The molecule has 0 radical (unpaired) electrons. The molecule has 2 aliphatic rings. The number of nitrogens with one attached hydrogen (secondary N) is 1. The summed E-state index contributed by atoms with van der Waals surface area (Å²) in [6, 6.07) is 28.7. The number of thioether (sulfide) groups is 1. The average Bonchev–Trinajstić information content (AvgIpc) is 3.43. The van der Waals surface area contributed by atoms with Crippen molar-refractivity contribution in [2.75, 3.05) is 6.54 Å². The van der Waals surface area contributed by atoms with Crippen molar-refractivity contribution < 1.29 is 19.1 Å². The van der Waals surface area contributed by atoms with Crippen LogP contribution in [0.1, 0.15) is 41.5 Å². The monoisotopic (exact) mass is 566 g/mol. The number of imidazole rings is 1. The van der Waals surface area contributed by atoms with Crippen LogP contribution >= 0.6 is 11.8 Å². The first-order valence-corrected chi connectivity index (χ1v) is 14.4. The Hall–Kier alpha value is -4.37. The second-order valence-corrected chi connectivity index (χ2v) is 11.6. The molecule has 4 aromatic rings. The molecule has 0 bridgehead atoms. The van der Waals surface area contributed by atoms with E-state index in [0.717, 1.165) is 16.7 Å². The molecule has 6 rings (SSSR count). The Bertz CT molecular complexity index is 1520. The van der Waals surface area contributed by atoms with Crippen LogP contribution in [0.25, 0.3) is 0 Å². The van der Waals surface area contributed by atoms with Gasteiger partial charge in [-0.05, 0) is 16.7 Å². The van der Waals surface area contributed by atoms with E-state index < -0.39 is 22.9 Å². The van der Waals surface area contributed by atoms with E-state index >= 15 is 0 Å². The van der Waals surface area contributed by atoms with Gasteiger partial charge in [0.15, 0.2) is 11.5 Å². The number of benzene rings is 3. The van der Waals surface area contributed by atoms with Gasteiger partial charge in [0.2, 0.25) is 11.8 Å². The molecular formula is C32H30N4O4S. The van der Waals surface area contributed by atoms with Crippen LogP contribution in [-0.4, -0.2) is 49.5 Å². The molecule has 3 heterocycles. The summed E-state index contributed by atoms with van der Waals surface area (Å²) in [6.07, 6.45) is 2.66. The molecule has 4 atom stereocenters. The quantitative estimate of drug-likeness (QED) is 0.267. The summed E-state index contributed by atoms with van der Waals surface area (Å²) in [5.74, 6) is -0.863. The highest BCUT2D eigenvalue weighted by molar-refractivity contribution is 8.00. The number of ether oxygens (including phenoxy) is 1. The topological polar surface area (TPSA) is 93.5 Å². The molecule has 0 spiro atoms. The number of esters is 1.